The fraction of sp³-hybridized carbons (Fsp3) is 0.640. The van der Waals surface area contributed by atoms with Crippen molar-refractivity contribution in [2.45, 2.75) is 63.5 Å². The largest absolute Gasteiger partial charge is 0.468 e. The molecule has 36 heavy (non-hydrogen) atoms. The first-order valence-electron chi connectivity index (χ1n) is 12.0. The molecule has 2 amide bonds. The lowest BCUT2D eigenvalue weighted by atomic mass is 9.99. The normalized spacial score (nSPS) is 14.7. The van der Waals surface area contributed by atoms with Gasteiger partial charge in [-0.2, -0.15) is 23.5 Å². The van der Waals surface area contributed by atoms with Crippen molar-refractivity contribution in [1.82, 2.24) is 5.32 Å². The van der Waals surface area contributed by atoms with Gasteiger partial charge in [0.2, 0.25) is 0 Å². The summed E-state index contributed by atoms with van der Waals surface area (Å²) in [7, 11) is 2.70. The van der Waals surface area contributed by atoms with Crippen LogP contribution in [0.5, 0.6) is 0 Å². The van der Waals surface area contributed by atoms with Crippen LogP contribution in [0.25, 0.3) is 0 Å². The lowest BCUT2D eigenvalue weighted by molar-refractivity contribution is -0.143. The van der Waals surface area contributed by atoms with Gasteiger partial charge in [-0.25, -0.2) is 9.59 Å². The first-order chi connectivity index (χ1) is 16.9. The summed E-state index contributed by atoms with van der Waals surface area (Å²) in [6.07, 6.45) is 11.7. The number of nitrogens with two attached hydrogens (primary N) is 1. The Morgan fingerprint density at radius 2 is 1.44 bits per heavy atom. The minimum atomic E-state index is -0.609. The maximum absolute atomic E-state index is 12.6. The number of esters is 2. The van der Waals surface area contributed by atoms with Crippen LogP contribution in [-0.2, 0) is 44.7 Å². The maximum Gasteiger partial charge on any atom is 0.328 e. The number of aryl methyl sites for hydroxylation is 2. The van der Waals surface area contributed by atoms with Gasteiger partial charge in [-0.1, -0.05) is 6.07 Å². The number of urea groups is 1. The first kappa shape index (κ1) is 32.4. The quantitative estimate of drug-likeness (QED) is 0.370. The van der Waals surface area contributed by atoms with Crippen LogP contribution in [0.2, 0.25) is 0 Å². The third-order valence-electron chi connectivity index (χ3n) is 6.25. The number of fused-ring (bicyclic) bond motifs is 2. The Morgan fingerprint density at radius 3 is 1.94 bits per heavy atom. The Kier molecular flexibility index (Phi) is 15.3. The highest BCUT2D eigenvalue weighted by Gasteiger charge is 2.26. The monoisotopic (exact) mass is 561 g/mol. The molecule has 2 aliphatic carbocycles. The van der Waals surface area contributed by atoms with E-state index in [1.54, 1.807) is 23.5 Å². The SMILES string of the molecule is COC(=O)[C@@H](CCSC)NC(=O)Nc1c2c(cc3c1CCC3)CCC2.COC(=O)[C@H](N)CCSC.Cl. The van der Waals surface area contributed by atoms with E-state index >= 15 is 0 Å². The van der Waals surface area contributed by atoms with Crippen molar-refractivity contribution in [2.24, 2.45) is 5.73 Å². The molecule has 0 unspecified atom stereocenters. The highest BCUT2D eigenvalue weighted by molar-refractivity contribution is 7.98. The fourth-order valence-electron chi connectivity index (χ4n) is 4.42. The molecule has 3 rings (SSSR count). The molecule has 0 fully saturated rings. The highest BCUT2D eigenvalue weighted by Crippen LogP contribution is 2.38. The molecule has 0 bridgehead atoms. The molecule has 2 aliphatic rings. The van der Waals surface area contributed by atoms with E-state index in [1.165, 1.54) is 36.5 Å². The van der Waals surface area contributed by atoms with Crippen LogP contribution in [0.15, 0.2) is 6.07 Å². The molecule has 1 aromatic carbocycles. The number of methoxy groups -OCH3 is 2. The van der Waals surface area contributed by atoms with Gasteiger partial charge < -0.3 is 25.8 Å². The summed E-state index contributed by atoms with van der Waals surface area (Å²) in [5.41, 5.74) is 11.7. The molecule has 0 saturated heterocycles. The number of rotatable bonds is 10. The number of ether oxygens (including phenoxy) is 2. The van der Waals surface area contributed by atoms with Crippen molar-refractivity contribution >= 4 is 59.6 Å². The zero-order chi connectivity index (χ0) is 25.8. The number of halogens is 1. The third-order valence-corrected chi connectivity index (χ3v) is 7.54. The second kappa shape index (κ2) is 17.0. The number of nitrogens with one attached hydrogen (secondary N) is 2. The van der Waals surface area contributed by atoms with E-state index < -0.39 is 18.1 Å². The van der Waals surface area contributed by atoms with E-state index in [2.05, 4.69) is 21.4 Å². The summed E-state index contributed by atoms with van der Waals surface area (Å²) in [4.78, 5) is 35.1. The molecule has 11 heteroatoms. The molecule has 4 N–H and O–H groups in total. The van der Waals surface area contributed by atoms with Crippen molar-refractivity contribution in [3.63, 3.8) is 0 Å². The third kappa shape index (κ3) is 9.36. The van der Waals surface area contributed by atoms with Crippen molar-refractivity contribution in [3.05, 3.63) is 28.3 Å². The van der Waals surface area contributed by atoms with Crippen LogP contribution in [0.4, 0.5) is 10.5 Å². The van der Waals surface area contributed by atoms with Crippen LogP contribution in [0.3, 0.4) is 0 Å². The molecule has 0 heterocycles. The van der Waals surface area contributed by atoms with E-state index in [-0.39, 0.29) is 24.4 Å². The van der Waals surface area contributed by atoms with E-state index in [9.17, 15) is 14.4 Å². The van der Waals surface area contributed by atoms with Gasteiger partial charge in [-0.3, -0.25) is 4.79 Å². The van der Waals surface area contributed by atoms with Gasteiger partial charge in [0.05, 0.1) is 14.2 Å². The zero-order valence-corrected chi connectivity index (χ0v) is 24.1. The van der Waals surface area contributed by atoms with E-state index in [0.717, 1.165) is 55.7 Å². The van der Waals surface area contributed by atoms with Gasteiger partial charge >= 0.3 is 18.0 Å². The Labute approximate surface area is 229 Å². The number of carbonyl (C=O) groups excluding carboxylic acids is 3. The van der Waals surface area contributed by atoms with Gasteiger partial charge in [0.1, 0.15) is 12.1 Å². The Bertz CT molecular complexity index is 855. The molecule has 0 saturated carbocycles. The minimum Gasteiger partial charge on any atom is -0.468 e. The Hall–Kier alpha value is -1.62. The lowest BCUT2D eigenvalue weighted by Crippen LogP contribution is -2.44. The molecular weight excluding hydrogens is 522 g/mol. The second-order valence-electron chi connectivity index (χ2n) is 8.60. The van der Waals surface area contributed by atoms with Crippen LogP contribution in [0.1, 0.15) is 47.9 Å². The summed E-state index contributed by atoms with van der Waals surface area (Å²) in [5.74, 6) is 0.966. The predicted octanol–water partition coefficient (Wildman–Crippen LogP) is 3.74. The first-order valence-corrected chi connectivity index (χ1v) is 14.8. The number of hydrogen-bond donors (Lipinski definition) is 3. The van der Waals surface area contributed by atoms with Gasteiger partial charge in [0, 0.05) is 5.69 Å². The lowest BCUT2D eigenvalue weighted by Gasteiger charge is -2.19. The van der Waals surface area contributed by atoms with E-state index in [4.69, 9.17) is 10.5 Å². The number of benzene rings is 1. The van der Waals surface area contributed by atoms with E-state index in [0.29, 0.717) is 12.8 Å². The molecule has 1 aromatic rings. The maximum atomic E-state index is 12.6. The summed E-state index contributed by atoms with van der Waals surface area (Å²) in [5, 5.41) is 5.86. The highest BCUT2D eigenvalue weighted by atomic mass is 35.5. The topological polar surface area (TPSA) is 120 Å². The Morgan fingerprint density at radius 1 is 0.917 bits per heavy atom. The van der Waals surface area contributed by atoms with E-state index in [1.807, 2.05) is 12.5 Å². The second-order valence-corrected chi connectivity index (χ2v) is 10.6. The van der Waals surface area contributed by atoms with Crippen molar-refractivity contribution < 1.29 is 23.9 Å². The van der Waals surface area contributed by atoms with Gasteiger partial charge in [-0.05, 0) is 97.6 Å². The van der Waals surface area contributed by atoms with Gasteiger partial charge in [-0.15, -0.1) is 12.4 Å². The van der Waals surface area contributed by atoms with Crippen LogP contribution < -0.4 is 16.4 Å². The molecular formula is C25H40ClN3O5S2. The number of amides is 2. The summed E-state index contributed by atoms with van der Waals surface area (Å²) >= 11 is 3.31. The molecule has 204 valence electrons. The smallest absolute Gasteiger partial charge is 0.328 e. The summed E-state index contributed by atoms with van der Waals surface area (Å²) < 4.78 is 9.25. The summed E-state index contributed by atoms with van der Waals surface area (Å²) in [6.45, 7) is 0. The molecule has 0 spiro atoms. The molecule has 0 radical (unpaired) electrons. The predicted molar refractivity (Wildman–Crippen MR) is 152 cm³/mol. The standard InChI is InChI=1S/C19H26N2O3S.C6H13NO2S.ClH/c1-24-18(22)16(9-10-25-2)20-19(23)21-17-14-7-3-5-12(14)11-13-6-4-8-15(13)17;1-9-6(8)5(7)3-4-10-2;/h11,16H,3-10H2,1-2H3,(H2,20,21,23);5H,3-4,7H2,1-2H3;1H/t16-;5-;/m11./s1. The molecule has 2 atom stereocenters. The Balaban J connectivity index is 0.000000504. The van der Waals surface area contributed by atoms with Crippen LogP contribution >= 0.6 is 35.9 Å². The van der Waals surface area contributed by atoms with Crippen LogP contribution in [0, 0.1) is 0 Å². The number of hydrogen-bond acceptors (Lipinski definition) is 8. The number of anilines is 1. The fourth-order valence-corrected chi connectivity index (χ4v) is 5.38. The van der Waals surface area contributed by atoms with Crippen LogP contribution in [-0.4, -0.2) is 68.3 Å². The molecule has 8 nitrogen and oxygen atoms in total. The molecule has 0 aromatic heterocycles. The minimum absolute atomic E-state index is 0. The average Bonchev–Trinajstić information content (AvgIpc) is 3.53. The zero-order valence-electron chi connectivity index (χ0n) is 21.6. The van der Waals surface area contributed by atoms with Crippen molar-refractivity contribution in [1.29, 1.82) is 0 Å². The average molecular weight is 562 g/mol. The summed E-state index contributed by atoms with van der Waals surface area (Å²) in [6, 6.07) is 0.967. The van der Waals surface area contributed by atoms with Gasteiger partial charge in [0.25, 0.3) is 0 Å². The van der Waals surface area contributed by atoms with Crippen molar-refractivity contribution in [3.8, 4) is 0 Å². The molecule has 0 aliphatic heterocycles. The van der Waals surface area contributed by atoms with Crippen molar-refractivity contribution in [2.75, 3.05) is 43.6 Å². The number of carbonyl (C=O) groups is 3. The number of thioether (sulfide) groups is 2. The van der Waals surface area contributed by atoms with Gasteiger partial charge in [0.15, 0.2) is 0 Å².